The molecule has 1 aliphatic rings. The lowest BCUT2D eigenvalue weighted by atomic mass is 9.85. The fourth-order valence-corrected chi connectivity index (χ4v) is 2.32. The highest BCUT2D eigenvalue weighted by molar-refractivity contribution is 6.21. The lowest BCUT2D eigenvalue weighted by Gasteiger charge is -2.30. The number of aromatic nitrogens is 5. The Morgan fingerprint density at radius 3 is 3.12 bits per heavy atom. The Morgan fingerprint density at radius 2 is 2.31 bits per heavy atom. The number of alkyl halides is 1. The van der Waals surface area contributed by atoms with Gasteiger partial charge in [-0.2, -0.15) is 0 Å². The SMILES string of the molecule is ClC1CC(CNc2ccc3nnnn3n2)C1. The average Bonchev–Trinajstić information content (AvgIpc) is 2.69. The summed E-state index contributed by atoms with van der Waals surface area (Å²) in [5.74, 6) is 1.45. The van der Waals surface area contributed by atoms with Crippen LogP contribution < -0.4 is 5.32 Å². The van der Waals surface area contributed by atoms with Crippen LogP contribution in [0.1, 0.15) is 12.8 Å². The van der Waals surface area contributed by atoms with Crippen molar-refractivity contribution in [2.24, 2.45) is 5.92 Å². The summed E-state index contributed by atoms with van der Waals surface area (Å²) in [6, 6.07) is 3.71. The normalized spacial score (nSPS) is 24.3. The molecule has 3 rings (SSSR count). The Balaban J connectivity index is 1.65. The van der Waals surface area contributed by atoms with Crippen LogP contribution in [0.3, 0.4) is 0 Å². The molecule has 84 valence electrons. The maximum atomic E-state index is 5.91. The molecule has 2 aromatic heterocycles. The Bertz CT molecular complexity index is 491. The van der Waals surface area contributed by atoms with Crippen molar-refractivity contribution in [3.05, 3.63) is 12.1 Å². The number of hydrogen-bond acceptors (Lipinski definition) is 5. The highest BCUT2D eigenvalue weighted by Gasteiger charge is 2.26. The molecule has 2 heterocycles. The van der Waals surface area contributed by atoms with Crippen LogP contribution in [0.4, 0.5) is 5.82 Å². The second-order valence-corrected chi connectivity index (χ2v) is 4.68. The first-order valence-electron chi connectivity index (χ1n) is 5.24. The van der Waals surface area contributed by atoms with E-state index in [9.17, 15) is 0 Å². The lowest BCUT2D eigenvalue weighted by molar-refractivity contribution is 0.341. The Hall–Kier alpha value is -1.43. The van der Waals surface area contributed by atoms with Crippen molar-refractivity contribution in [1.82, 2.24) is 25.3 Å². The van der Waals surface area contributed by atoms with Crippen LogP contribution >= 0.6 is 11.6 Å². The smallest absolute Gasteiger partial charge is 0.200 e. The van der Waals surface area contributed by atoms with Crippen LogP contribution in [0.5, 0.6) is 0 Å². The minimum absolute atomic E-state index is 0.363. The van der Waals surface area contributed by atoms with Crippen LogP contribution in [-0.2, 0) is 0 Å². The molecule has 0 unspecified atom stereocenters. The van der Waals surface area contributed by atoms with Gasteiger partial charge in [0.2, 0.25) is 0 Å². The maximum absolute atomic E-state index is 5.91. The number of rotatable bonds is 3. The van der Waals surface area contributed by atoms with E-state index in [1.54, 1.807) is 0 Å². The van der Waals surface area contributed by atoms with Crippen molar-refractivity contribution in [1.29, 1.82) is 0 Å². The molecule has 16 heavy (non-hydrogen) atoms. The number of hydrogen-bond donors (Lipinski definition) is 1. The van der Waals surface area contributed by atoms with Crippen molar-refractivity contribution in [2.75, 3.05) is 11.9 Å². The fraction of sp³-hybridized carbons (Fsp3) is 0.556. The quantitative estimate of drug-likeness (QED) is 0.807. The first-order chi connectivity index (χ1) is 7.81. The van der Waals surface area contributed by atoms with Gasteiger partial charge in [-0.3, -0.25) is 0 Å². The molecule has 7 heteroatoms. The molecule has 0 bridgehead atoms. The molecule has 0 spiro atoms. The Labute approximate surface area is 97.0 Å². The molecular weight excluding hydrogens is 228 g/mol. The van der Waals surface area contributed by atoms with Crippen molar-refractivity contribution in [2.45, 2.75) is 18.2 Å². The van der Waals surface area contributed by atoms with E-state index in [4.69, 9.17) is 11.6 Å². The van der Waals surface area contributed by atoms with Gasteiger partial charge in [-0.05, 0) is 41.3 Å². The zero-order valence-electron chi connectivity index (χ0n) is 8.54. The standard InChI is InChI=1S/C9H11ClN6/c10-7-3-6(4-7)5-11-8-1-2-9-12-14-15-16(9)13-8/h1-2,6-7H,3-5H2,(H,11,13). The van der Waals surface area contributed by atoms with E-state index in [-0.39, 0.29) is 0 Å². The van der Waals surface area contributed by atoms with Gasteiger partial charge in [0, 0.05) is 11.9 Å². The van der Waals surface area contributed by atoms with Crippen LogP contribution in [0.25, 0.3) is 5.65 Å². The number of anilines is 1. The Kier molecular flexibility index (Phi) is 2.36. The van der Waals surface area contributed by atoms with E-state index in [1.165, 1.54) is 4.63 Å². The third-order valence-electron chi connectivity index (χ3n) is 2.82. The second kappa shape index (κ2) is 3.86. The minimum atomic E-state index is 0.363. The van der Waals surface area contributed by atoms with E-state index in [2.05, 4.69) is 25.9 Å². The molecule has 0 amide bonds. The number of nitrogens with zero attached hydrogens (tertiary/aromatic N) is 5. The first-order valence-corrected chi connectivity index (χ1v) is 5.68. The topological polar surface area (TPSA) is 68.0 Å². The van der Waals surface area contributed by atoms with Gasteiger partial charge < -0.3 is 5.32 Å². The van der Waals surface area contributed by atoms with Gasteiger partial charge in [0.1, 0.15) is 5.82 Å². The predicted molar refractivity (Wildman–Crippen MR) is 59.4 cm³/mol. The predicted octanol–water partition coefficient (Wildman–Crippen LogP) is 0.949. The van der Waals surface area contributed by atoms with Gasteiger partial charge in [-0.1, -0.05) is 0 Å². The largest absolute Gasteiger partial charge is 0.368 e. The molecule has 1 N–H and O–H groups in total. The summed E-state index contributed by atoms with van der Waals surface area (Å²) in [4.78, 5) is 0. The summed E-state index contributed by atoms with van der Waals surface area (Å²) in [7, 11) is 0. The summed E-state index contributed by atoms with van der Waals surface area (Å²) < 4.78 is 1.41. The van der Waals surface area contributed by atoms with E-state index in [0.717, 1.165) is 25.2 Å². The molecule has 0 saturated heterocycles. The monoisotopic (exact) mass is 238 g/mol. The van der Waals surface area contributed by atoms with E-state index in [1.807, 2.05) is 12.1 Å². The number of nitrogens with one attached hydrogen (secondary N) is 1. The highest BCUT2D eigenvalue weighted by atomic mass is 35.5. The zero-order chi connectivity index (χ0) is 11.0. The van der Waals surface area contributed by atoms with Gasteiger partial charge in [-0.25, -0.2) is 0 Å². The molecule has 0 radical (unpaired) electrons. The van der Waals surface area contributed by atoms with Crippen LogP contribution in [0.2, 0.25) is 0 Å². The average molecular weight is 239 g/mol. The van der Waals surface area contributed by atoms with Gasteiger partial charge in [0.25, 0.3) is 0 Å². The van der Waals surface area contributed by atoms with Gasteiger partial charge in [0.05, 0.1) is 0 Å². The number of fused-ring (bicyclic) bond motifs is 1. The molecule has 0 aliphatic heterocycles. The third kappa shape index (κ3) is 1.80. The molecule has 1 fully saturated rings. The molecule has 0 aromatic carbocycles. The minimum Gasteiger partial charge on any atom is -0.368 e. The van der Waals surface area contributed by atoms with Crippen molar-refractivity contribution >= 4 is 23.1 Å². The van der Waals surface area contributed by atoms with E-state index >= 15 is 0 Å². The summed E-state index contributed by atoms with van der Waals surface area (Å²) in [5, 5.41) is 18.9. The molecule has 2 aromatic rings. The summed E-state index contributed by atoms with van der Waals surface area (Å²) in [5.41, 5.74) is 0.648. The van der Waals surface area contributed by atoms with Crippen LogP contribution in [0, 0.1) is 5.92 Å². The van der Waals surface area contributed by atoms with Gasteiger partial charge in [0.15, 0.2) is 5.65 Å². The summed E-state index contributed by atoms with van der Waals surface area (Å²) >= 11 is 5.91. The molecular formula is C9H11ClN6. The van der Waals surface area contributed by atoms with Crippen molar-refractivity contribution in [3.8, 4) is 0 Å². The van der Waals surface area contributed by atoms with Gasteiger partial charge in [-0.15, -0.1) is 26.4 Å². The number of tetrazole rings is 1. The molecule has 6 nitrogen and oxygen atoms in total. The maximum Gasteiger partial charge on any atom is 0.200 e. The zero-order valence-corrected chi connectivity index (χ0v) is 9.30. The summed E-state index contributed by atoms with van der Waals surface area (Å²) in [6.07, 6.45) is 2.17. The van der Waals surface area contributed by atoms with Crippen molar-refractivity contribution in [3.63, 3.8) is 0 Å². The van der Waals surface area contributed by atoms with Crippen LogP contribution in [-0.4, -0.2) is 37.2 Å². The molecule has 1 aliphatic carbocycles. The fourth-order valence-electron chi connectivity index (χ4n) is 1.81. The van der Waals surface area contributed by atoms with Crippen LogP contribution in [0.15, 0.2) is 12.1 Å². The van der Waals surface area contributed by atoms with E-state index < -0.39 is 0 Å². The van der Waals surface area contributed by atoms with Crippen molar-refractivity contribution < 1.29 is 0 Å². The summed E-state index contributed by atoms with van der Waals surface area (Å²) in [6.45, 7) is 0.907. The second-order valence-electron chi connectivity index (χ2n) is 4.06. The highest BCUT2D eigenvalue weighted by Crippen LogP contribution is 2.31. The number of halogens is 1. The third-order valence-corrected chi connectivity index (χ3v) is 3.18. The molecule has 1 saturated carbocycles. The molecule has 0 atom stereocenters. The lowest BCUT2D eigenvalue weighted by Crippen LogP contribution is -2.30. The van der Waals surface area contributed by atoms with E-state index in [0.29, 0.717) is 16.9 Å². The van der Waals surface area contributed by atoms with Gasteiger partial charge >= 0.3 is 0 Å². The first kappa shape index (κ1) is 9.77. The Morgan fingerprint density at radius 1 is 1.44 bits per heavy atom.